The minimum absolute atomic E-state index is 0.0832. The van der Waals surface area contributed by atoms with Crippen molar-refractivity contribution in [2.75, 3.05) is 0 Å². The SMILES string of the molecule is CC(O)CC(C)NC1CCC(O)CC1. The molecule has 0 amide bonds. The molecule has 14 heavy (non-hydrogen) atoms. The van der Waals surface area contributed by atoms with Crippen LogP contribution in [0.2, 0.25) is 0 Å². The van der Waals surface area contributed by atoms with Gasteiger partial charge in [-0.25, -0.2) is 0 Å². The molecule has 0 radical (unpaired) electrons. The largest absolute Gasteiger partial charge is 0.393 e. The van der Waals surface area contributed by atoms with Gasteiger partial charge in [0.05, 0.1) is 12.2 Å². The number of rotatable bonds is 4. The van der Waals surface area contributed by atoms with E-state index in [0.29, 0.717) is 12.1 Å². The average Bonchev–Trinajstić information content (AvgIpc) is 2.07. The quantitative estimate of drug-likeness (QED) is 0.637. The van der Waals surface area contributed by atoms with Gasteiger partial charge in [-0.15, -0.1) is 0 Å². The molecule has 1 rings (SSSR count). The van der Waals surface area contributed by atoms with Crippen LogP contribution in [0.1, 0.15) is 46.0 Å². The number of hydrogen-bond donors (Lipinski definition) is 3. The van der Waals surface area contributed by atoms with Crippen molar-refractivity contribution >= 4 is 0 Å². The normalized spacial score (nSPS) is 32.6. The molecular formula is C11H23NO2. The van der Waals surface area contributed by atoms with E-state index in [-0.39, 0.29) is 12.2 Å². The minimum Gasteiger partial charge on any atom is -0.393 e. The topological polar surface area (TPSA) is 52.5 Å². The van der Waals surface area contributed by atoms with Crippen LogP contribution in [0.5, 0.6) is 0 Å². The zero-order valence-corrected chi connectivity index (χ0v) is 9.24. The Balaban J connectivity index is 2.17. The molecule has 0 aromatic rings. The number of aliphatic hydroxyl groups excluding tert-OH is 2. The van der Waals surface area contributed by atoms with Crippen molar-refractivity contribution in [3.05, 3.63) is 0 Å². The molecule has 3 N–H and O–H groups in total. The second-order valence-corrected chi connectivity index (χ2v) is 4.66. The molecular weight excluding hydrogens is 178 g/mol. The monoisotopic (exact) mass is 201 g/mol. The summed E-state index contributed by atoms with van der Waals surface area (Å²) in [5.41, 5.74) is 0. The van der Waals surface area contributed by atoms with Crippen molar-refractivity contribution < 1.29 is 10.2 Å². The van der Waals surface area contributed by atoms with Crippen LogP contribution in [0, 0.1) is 0 Å². The fraction of sp³-hybridized carbons (Fsp3) is 1.00. The summed E-state index contributed by atoms with van der Waals surface area (Å²) in [6.45, 7) is 3.93. The highest BCUT2D eigenvalue weighted by Crippen LogP contribution is 2.19. The van der Waals surface area contributed by atoms with Crippen LogP contribution in [-0.4, -0.2) is 34.5 Å². The predicted molar refractivity (Wildman–Crippen MR) is 57.2 cm³/mol. The van der Waals surface area contributed by atoms with Crippen LogP contribution in [-0.2, 0) is 0 Å². The Hall–Kier alpha value is -0.120. The lowest BCUT2D eigenvalue weighted by Crippen LogP contribution is -2.41. The lowest BCUT2D eigenvalue weighted by molar-refractivity contribution is 0.110. The zero-order chi connectivity index (χ0) is 10.6. The number of aliphatic hydroxyl groups is 2. The van der Waals surface area contributed by atoms with E-state index in [1.807, 2.05) is 6.92 Å². The van der Waals surface area contributed by atoms with Crippen molar-refractivity contribution in [2.45, 2.75) is 70.2 Å². The van der Waals surface area contributed by atoms with Gasteiger partial charge in [0.25, 0.3) is 0 Å². The molecule has 0 aromatic carbocycles. The summed E-state index contributed by atoms with van der Waals surface area (Å²) >= 11 is 0. The second-order valence-electron chi connectivity index (χ2n) is 4.66. The summed E-state index contributed by atoms with van der Waals surface area (Å²) in [7, 11) is 0. The standard InChI is InChI=1S/C11H23NO2/c1-8(7-9(2)13)12-10-3-5-11(14)6-4-10/h8-14H,3-7H2,1-2H3. The smallest absolute Gasteiger partial charge is 0.0541 e. The number of nitrogens with one attached hydrogen (secondary N) is 1. The van der Waals surface area contributed by atoms with E-state index in [1.165, 1.54) is 0 Å². The third-order valence-electron chi connectivity index (χ3n) is 2.91. The molecule has 2 atom stereocenters. The summed E-state index contributed by atoms with van der Waals surface area (Å²) in [5.74, 6) is 0. The summed E-state index contributed by atoms with van der Waals surface area (Å²) in [5, 5.41) is 22.1. The van der Waals surface area contributed by atoms with E-state index in [1.54, 1.807) is 0 Å². The molecule has 0 aliphatic heterocycles. The Bertz CT molecular complexity index is 153. The fourth-order valence-electron chi connectivity index (χ4n) is 2.22. The molecule has 0 aromatic heterocycles. The van der Waals surface area contributed by atoms with E-state index in [2.05, 4.69) is 12.2 Å². The maximum atomic E-state index is 9.34. The van der Waals surface area contributed by atoms with Crippen LogP contribution in [0.3, 0.4) is 0 Å². The third kappa shape index (κ3) is 4.40. The fourth-order valence-corrected chi connectivity index (χ4v) is 2.22. The van der Waals surface area contributed by atoms with Gasteiger partial charge in [-0.3, -0.25) is 0 Å². The van der Waals surface area contributed by atoms with Gasteiger partial charge >= 0.3 is 0 Å². The lowest BCUT2D eigenvalue weighted by Gasteiger charge is -2.29. The summed E-state index contributed by atoms with van der Waals surface area (Å²) < 4.78 is 0. The van der Waals surface area contributed by atoms with Crippen LogP contribution in [0.25, 0.3) is 0 Å². The van der Waals surface area contributed by atoms with Crippen molar-refractivity contribution in [2.24, 2.45) is 0 Å². The van der Waals surface area contributed by atoms with E-state index in [9.17, 15) is 10.2 Å². The molecule has 84 valence electrons. The maximum absolute atomic E-state index is 9.34. The first-order valence-electron chi connectivity index (χ1n) is 5.70. The molecule has 3 nitrogen and oxygen atoms in total. The van der Waals surface area contributed by atoms with Gasteiger partial charge in [0.15, 0.2) is 0 Å². The van der Waals surface area contributed by atoms with E-state index in [4.69, 9.17) is 0 Å². The highest BCUT2D eigenvalue weighted by Gasteiger charge is 2.20. The molecule has 1 aliphatic rings. The minimum atomic E-state index is -0.230. The molecule has 0 heterocycles. The summed E-state index contributed by atoms with van der Waals surface area (Å²) in [4.78, 5) is 0. The molecule has 0 spiro atoms. The van der Waals surface area contributed by atoms with Crippen LogP contribution in [0.15, 0.2) is 0 Å². The van der Waals surface area contributed by atoms with Crippen molar-refractivity contribution in [1.29, 1.82) is 0 Å². The van der Waals surface area contributed by atoms with Gasteiger partial charge in [-0.1, -0.05) is 0 Å². The first-order chi connectivity index (χ1) is 6.58. The predicted octanol–water partition coefficient (Wildman–Crippen LogP) is 1.04. The van der Waals surface area contributed by atoms with Gasteiger partial charge in [0.2, 0.25) is 0 Å². The van der Waals surface area contributed by atoms with Gasteiger partial charge < -0.3 is 15.5 Å². The highest BCUT2D eigenvalue weighted by molar-refractivity contribution is 4.79. The van der Waals surface area contributed by atoms with Crippen molar-refractivity contribution in [3.63, 3.8) is 0 Å². The zero-order valence-electron chi connectivity index (χ0n) is 9.24. The summed E-state index contributed by atoms with van der Waals surface area (Å²) in [6, 6.07) is 0.905. The highest BCUT2D eigenvalue weighted by atomic mass is 16.3. The van der Waals surface area contributed by atoms with Gasteiger partial charge in [0.1, 0.15) is 0 Å². The van der Waals surface area contributed by atoms with Crippen LogP contribution < -0.4 is 5.32 Å². The first-order valence-corrected chi connectivity index (χ1v) is 5.70. The van der Waals surface area contributed by atoms with Crippen molar-refractivity contribution in [3.8, 4) is 0 Å². The van der Waals surface area contributed by atoms with Crippen LogP contribution >= 0.6 is 0 Å². The Morgan fingerprint density at radius 1 is 1.21 bits per heavy atom. The van der Waals surface area contributed by atoms with E-state index >= 15 is 0 Å². The van der Waals surface area contributed by atoms with Gasteiger partial charge in [-0.05, 0) is 46.0 Å². The molecule has 1 fully saturated rings. The maximum Gasteiger partial charge on any atom is 0.0541 e. The van der Waals surface area contributed by atoms with Crippen LogP contribution in [0.4, 0.5) is 0 Å². The Morgan fingerprint density at radius 2 is 1.79 bits per heavy atom. The van der Waals surface area contributed by atoms with E-state index in [0.717, 1.165) is 32.1 Å². The number of hydrogen-bond acceptors (Lipinski definition) is 3. The Morgan fingerprint density at radius 3 is 2.29 bits per heavy atom. The molecule has 0 bridgehead atoms. The van der Waals surface area contributed by atoms with Crippen molar-refractivity contribution in [1.82, 2.24) is 5.32 Å². The Labute approximate surface area is 86.5 Å². The first kappa shape index (κ1) is 12.0. The summed E-state index contributed by atoms with van der Waals surface area (Å²) in [6.07, 6.45) is 4.44. The molecule has 1 saturated carbocycles. The lowest BCUT2D eigenvalue weighted by atomic mass is 9.92. The third-order valence-corrected chi connectivity index (χ3v) is 2.91. The van der Waals surface area contributed by atoms with E-state index < -0.39 is 0 Å². The molecule has 2 unspecified atom stereocenters. The van der Waals surface area contributed by atoms with Gasteiger partial charge in [0, 0.05) is 12.1 Å². The Kier molecular flexibility index (Phi) is 4.85. The molecule has 3 heteroatoms. The second kappa shape index (κ2) is 5.69. The average molecular weight is 201 g/mol. The molecule has 1 aliphatic carbocycles. The van der Waals surface area contributed by atoms with Gasteiger partial charge in [-0.2, -0.15) is 0 Å². The molecule has 0 saturated heterocycles.